The Balaban J connectivity index is 1.39. The predicted octanol–water partition coefficient (Wildman–Crippen LogP) is 4.03. The summed E-state index contributed by atoms with van der Waals surface area (Å²) in [4.78, 5) is 8.46. The average Bonchev–Trinajstić information content (AvgIpc) is 3.15. The fraction of sp³-hybridized carbons (Fsp3) is 0.190. The van der Waals surface area contributed by atoms with Crippen molar-refractivity contribution in [3.63, 3.8) is 0 Å². The molecule has 5 rings (SSSR count). The highest BCUT2D eigenvalue weighted by atomic mass is 35.5. The van der Waals surface area contributed by atoms with Crippen molar-refractivity contribution >= 4 is 17.2 Å². The Morgan fingerprint density at radius 2 is 2.10 bits per heavy atom. The smallest absolute Gasteiger partial charge is 0.212 e. The second kappa shape index (κ2) is 7.46. The number of rotatable bonds is 4. The van der Waals surface area contributed by atoms with Gasteiger partial charge in [0.25, 0.3) is 0 Å². The zero-order chi connectivity index (χ0) is 20.7. The van der Waals surface area contributed by atoms with Crippen LogP contribution in [0.3, 0.4) is 0 Å². The first-order valence-corrected chi connectivity index (χ1v) is 9.58. The quantitative estimate of drug-likeness (QED) is 0.490. The molecular weight excluding hydrogens is 411 g/mol. The molecule has 0 amide bonds. The van der Waals surface area contributed by atoms with Crippen LogP contribution in [0.1, 0.15) is 22.9 Å². The maximum atomic E-state index is 14.8. The molecule has 0 spiro atoms. The maximum Gasteiger partial charge on any atom is 0.212 e. The highest BCUT2D eigenvalue weighted by Crippen LogP contribution is 2.39. The topological polar surface area (TPSA) is 70.8 Å². The summed E-state index contributed by atoms with van der Waals surface area (Å²) in [7, 11) is 1.55. The van der Waals surface area contributed by atoms with Gasteiger partial charge in [-0.1, -0.05) is 11.6 Å². The lowest BCUT2D eigenvalue weighted by molar-refractivity contribution is 0.0853. The molecule has 0 fully saturated rings. The van der Waals surface area contributed by atoms with Crippen molar-refractivity contribution in [2.75, 3.05) is 13.7 Å². The van der Waals surface area contributed by atoms with Crippen LogP contribution in [0.15, 0.2) is 48.9 Å². The Hall–Kier alpha value is -3.39. The Kier molecular flexibility index (Phi) is 4.63. The van der Waals surface area contributed by atoms with Gasteiger partial charge in [0.05, 0.1) is 30.2 Å². The van der Waals surface area contributed by atoms with E-state index in [1.807, 2.05) is 6.07 Å². The molecule has 0 N–H and O–H groups in total. The number of ether oxygens (including phenoxy) is 3. The van der Waals surface area contributed by atoms with Gasteiger partial charge in [0.15, 0.2) is 29.1 Å². The van der Waals surface area contributed by atoms with E-state index in [1.54, 1.807) is 42.2 Å². The maximum absolute atomic E-state index is 14.8. The van der Waals surface area contributed by atoms with Crippen LogP contribution in [-0.2, 0) is 6.42 Å². The molecule has 7 nitrogen and oxygen atoms in total. The average molecular weight is 427 g/mol. The number of hydrogen-bond acceptors (Lipinski definition) is 6. The number of aromatic nitrogens is 4. The summed E-state index contributed by atoms with van der Waals surface area (Å²) in [5.41, 5.74) is 2.93. The van der Waals surface area contributed by atoms with Gasteiger partial charge in [0, 0.05) is 30.3 Å². The molecule has 1 atom stereocenters. The monoisotopic (exact) mass is 426 g/mol. The first kappa shape index (κ1) is 18.6. The van der Waals surface area contributed by atoms with Crippen molar-refractivity contribution in [2.24, 2.45) is 0 Å². The molecule has 1 aliphatic heterocycles. The van der Waals surface area contributed by atoms with Gasteiger partial charge in [-0.25, -0.2) is 18.9 Å². The molecule has 0 saturated heterocycles. The third-order valence-corrected chi connectivity index (χ3v) is 5.05. The molecule has 30 heavy (non-hydrogen) atoms. The van der Waals surface area contributed by atoms with Crippen LogP contribution < -0.4 is 14.2 Å². The zero-order valence-corrected chi connectivity index (χ0v) is 16.6. The predicted molar refractivity (Wildman–Crippen MR) is 107 cm³/mol. The van der Waals surface area contributed by atoms with Crippen LogP contribution in [-0.4, -0.2) is 33.3 Å². The summed E-state index contributed by atoms with van der Waals surface area (Å²) < 4.78 is 33.3. The van der Waals surface area contributed by atoms with Crippen molar-refractivity contribution in [2.45, 2.75) is 12.5 Å². The molecule has 1 aromatic carbocycles. The van der Waals surface area contributed by atoms with Crippen LogP contribution in [0.5, 0.6) is 17.4 Å². The molecule has 0 radical (unpaired) electrons. The number of fused-ring (bicyclic) bond motifs is 2. The molecule has 0 bridgehead atoms. The lowest BCUT2D eigenvalue weighted by Crippen LogP contribution is -2.22. The first-order chi connectivity index (χ1) is 14.6. The number of benzene rings is 1. The third kappa shape index (κ3) is 3.39. The van der Waals surface area contributed by atoms with E-state index in [9.17, 15) is 4.39 Å². The summed E-state index contributed by atoms with van der Waals surface area (Å²) in [5, 5.41) is 4.77. The Morgan fingerprint density at radius 1 is 1.20 bits per heavy atom. The molecule has 4 aromatic rings. The minimum Gasteiger partial charge on any atom is -0.485 e. The standard InChI is InChI=1S/C21H16ClFN4O3/c1-28-20-3-2-13(8-25-20)18-11-29-17-6-12(5-16(23)21(17)30-18)4-15-10-24-19-7-14(22)9-26-27(15)19/h2-3,5-10,18H,4,11H2,1H3. The summed E-state index contributed by atoms with van der Waals surface area (Å²) in [6.45, 7) is 0.250. The number of pyridine rings is 1. The van der Waals surface area contributed by atoms with Gasteiger partial charge < -0.3 is 14.2 Å². The van der Waals surface area contributed by atoms with Gasteiger partial charge >= 0.3 is 0 Å². The van der Waals surface area contributed by atoms with E-state index in [-0.39, 0.29) is 12.4 Å². The van der Waals surface area contributed by atoms with E-state index in [2.05, 4.69) is 15.1 Å². The molecule has 3 aromatic heterocycles. The van der Waals surface area contributed by atoms with E-state index < -0.39 is 11.9 Å². The molecule has 9 heteroatoms. The van der Waals surface area contributed by atoms with Gasteiger partial charge in [-0.15, -0.1) is 0 Å². The largest absolute Gasteiger partial charge is 0.485 e. The number of halogens is 2. The van der Waals surface area contributed by atoms with Gasteiger partial charge in [0.1, 0.15) is 6.61 Å². The Labute approximate surface area is 176 Å². The molecular formula is C21H16ClFN4O3. The molecule has 1 aliphatic rings. The van der Waals surface area contributed by atoms with Gasteiger partial charge in [0.2, 0.25) is 5.88 Å². The minimum atomic E-state index is -0.488. The number of hydrogen-bond donors (Lipinski definition) is 0. The van der Waals surface area contributed by atoms with Crippen molar-refractivity contribution in [1.82, 2.24) is 19.6 Å². The van der Waals surface area contributed by atoms with Crippen LogP contribution in [0.2, 0.25) is 5.02 Å². The number of methoxy groups -OCH3 is 1. The van der Waals surface area contributed by atoms with Crippen molar-refractivity contribution in [3.05, 3.63) is 76.6 Å². The van der Waals surface area contributed by atoms with Crippen molar-refractivity contribution < 1.29 is 18.6 Å². The molecule has 1 unspecified atom stereocenters. The Morgan fingerprint density at radius 3 is 2.90 bits per heavy atom. The SMILES string of the molecule is COc1ccc(C2COc3cc(Cc4cnc5cc(Cl)cnn45)cc(F)c3O2)cn1. The van der Waals surface area contributed by atoms with E-state index in [0.29, 0.717) is 28.7 Å². The fourth-order valence-corrected chi connectivity index (χ4v) is 3.53. The van der Waals surface area contributed by atoms with Gasteiger partial charge in [-0.2, -0.15) is 5.10 Å². The zero-order valence-electron chi connectivity index (χ0n) is 15.9. The van der Waals surface area contributed by atoms with Crippen molar-refractivity contribution in [3.8, 4) is 17.4 Å². The van der Waals surface area contributed by atoms with E-state index in [1.165, 1.54) is 12.3 Å². The lowest BCUT2D eigenvalue weighted by atomic mass is 10.1. The highest BCUT2D eigenvalue weighted by molar-refractivity contribution is 6.30. The lowest BCUT2D eigenvalue weighted by Gasteiger charge is -2.27. The molecule has 4 heterocycles. The second-order valence-electron chi connectivity index (χ2n) is 6.83. The van der Waals surface area contributed by atoms with Crippen molar-refractivity contribution in [1.29, 1.82) is 0 Å². The van der Waals surface area contributed by atoms with E-state index in [0.717, 1.165) is 16.8 Å². The van der Waals surface area contributed by atoms with Crippen LogP contribution in [0.25, 0.3) is 5.65 Å². The van der Waals surface area contributed by atoms with Crippen LogP contribution in [0, 0.1) is 5.82 Å². The molecule has 152 valence electrons. The summed E-state index contributed by atoms with van der Waals surface area (Å²) in [5.74, 6) is 0.468. The summed E-state index contributed by atoms with van der Waals surface area (Å²) >= 11 is 5.95. The third-order valence-electron chi connectivity index (χ3n) is 4.84. The molecule has 0 saturated carbocycles. The number of nitrogens with zero attached hydrogens (tertiary/aromatic N) is 4. The van der Waals surface area contributed by atoms with Crippen LogP contribution >= 0.6 is 11.6 Å². The second-order valence-corrected chi connectivity index (χ2v) is 7.26. The fourth-order valence-electron chi connectivity index (χ4n) is 3.39. The van der Waals surface area contributed by atoms with Gasteiger partial charge in [-0.05, 0) is 23.8 Å². The van der Waals surface area contributed by atoms with Gasteiger partial charge in [-0.3, -0.25) is 0 Å². The minimum absolute atomic E-state index is 0.0915. The van der Waals surface area contributed by atoms with E-state index >= 15 is 0 Å². The normalized spacial score (nSPS) is 15.4. The summed E-state index contributed by atoms with van der Waals surface area (Å²) in [6, 6.07) is 8.48. The molecule has 0 aliphatic carbocycles. The van der Waals surface area contributed by atoms with E-state index in [4.69, 9.17) is 25.8 Å². The number of imidazole rings is 1. The highest BCUT2D eigenvalue weighted by Gasteiger charge is 2.26. The first-order valence-electron chi connectivity index (χ1n) is 9.20. The Bertz CT molecular complexity index is 1230. The summed E-state index contributed by atoms with van der Waals surface area (Å²) in [6.07, 6.45) is 4.84. The van der Waals surface area contributed by atoms with Crippen LogP contribution in [0.4, 0.5) is 4.39 Å².